The van der Waals surface area contributed by atoms with Gasteiger partial charge in [-0.15, -0.1) is 0 Å². The highest BCUT2D eigenvalue weighted by atomic mass is 16.2. The van der Waals surface area contributed by atoms with E-state index in [-0.39, 0.29) is 0 Å². The number of amides is 2. The maximum atomic E-state index is 11.7. The van der Waals surface area contributed by atoms with Gasteiger partial charge in [-0.3, -0.25) is 9.59 Å². The Morgan fingerprint density at radius 2 is 1.25 bits per heavy atom. The Morgan fingerprint density at radius 3 is 1.60 bits per heavy atom. The van der Waals surface area contributed by atoms with Crippen molar-refractivity contribution in [2.24, 2.45) is 0 Å². The SMILES string of the molecule is Cc1ccnc(NC(=O)C(=O)Nc2cc(C)ccn2)c1. The van der Waals surface area contributed by atoms with E-state index in [9.17, 15) is 9.59 Å². The topological polar surface area (TPSA) is 84.0 Å². The van der Waals surface area contributed by atoms with Crippen molar-refractivity contribution in [1.82, 2.24) is 9.97 Å². The van der Waals surface area contributed by atoms with Gasteiger partial charge in [0.15, 0.2) is 0 Å². The third-order valence-corrected chi connectivity index (χ3v) is 2.52. The van der Waals surface area contributed by atoms with E-state index in [1.54, 1.807) is 36.7 Å². The Balaban J connectivity index is 2.01. The largest absolute Gasteiger partial charge is 0.315 e. The number of carbonyl (C=O) groups excluding carboxylic acids is 2. The van der Waals surface area contributed by atoms with Crippen LogP contribution in [0.2, 0.25) is 0 Å². The molecule has 2 heterocycles. The average molecular weight is 270 g/mol. The fourth-order valence-corrected chi connectivity index (χ4v) is 1.56. The molecule has 0 aliphatic heterocycles. The summed E-state index contributed by atoms with van der Waals surface area (Å²) in [5.74, 6) is -0.900. The highest BCUT2D eigenvalue weighted by Gasteiger charge is 2.15. The van der Waals surface area contributed by atoms with Crippen LogP contribution in [0.1, 0.15) is 11.1 Å². The third kappa shape index (κ3) is 3.61. The molecule has 0 spiro atoms. The molecule has 0 atom stereocenters. The predicted molar refractivity (Wildman–Crippen MR) is 75.2 cm³/mol. The van der Waals surface area contributed by atoms with Crippen molar-refractivity contribution in [2.75, 3.05) is 10.6 Å². The van der Waals surface area contributed by atoms with Crippen LogP contribution in [0, 0.1) is 13.8 Å². The molecule has 2 amide bonds. The monoisotopic (exact) mass is 270 g/mol. The van der Waals surface area contributed by atoms with Gasteiger partial charge < -0.3 is 10.6 Å². The highest BCUT2D eigenvalue weighted by molar-refractivity contribution is 6.43. The molecule has 0 unspecified atom stereocenters. The van der Waals surface area contributed by atoms with Crippen molar-refractivity contribution >= 4 is 23.5 Å². The minimum atomic E-state index is -0.786. The summed E-state index contributed by atoms with van der Waals surface area (Å²) in [6.07, 6.45) is 3.12. The summed E-state index contributed by atoms with van der Waals surface area (Å²) >= 11 is 0. The Morgan fingerprint density at radius 1 is 0.850 bits per heavy atom. The lowest BCUT2D eigenvalue weighted by Gasteiger charge is -2.06. The normalized spacial score (nSPS) is 9.90. The summed E-state index contributed by atoms with van der Waals surface area (Å²) in [7, 11) is 0. The van der Waals surface area contributed by atoms with Crippen molar-refractivity contribution in [2.45, 2.75) is 13.8 Å². The maximum Gasteiger partial charge on any atom is 0.315 e. The Kier molecular flexibility index (Phi) is 4.05. The molecule has 0 aliphatic carbocycles. The molecule has 2 aromatic heterocycles. The number of nitrogens with zero attached hydrogens (tertiary/aromatic N) is 2. The lowest BCUT2D eigenvalue weighted by Crippen LogP contribution is -2.29. The molecule has 2 rings (SSSR count). The third-order valence-electron chi connectivity index (χ3n) is 2.52. The number of nitrogens with one attached hydrogen (secondary N) is 2. The molecule has 0 radical (unpaired) electrons. The second-order valence-corrected chi connectivity index (χ2v) is 4.35. The van der Waals surface area contributed by atoms with Crippen LogP contribution in [0.5, 0.6) is 0 Å². The second kappa shape index (κ2) is 5.92. The first-order valence-corrected chi connectivity index (χ1v) is 6.02. The number of pyridine rings is 2. The molecule has 0 saturated carbocycles. The number of rotatable bonds is 2. The molecule has 0 aromatic carbocycles. The van der Waals surface area contributed by atoms with E-state index in [2.05, 4.69) is 20.6 Å². The molecule has 6 heteroatoms. The Hall–Kier alpha value is -2.76. The summed E-state index contributed by atoms with van der Waals surface area (Å²) in [6.45, 7) is 3.74. The van der Waals surface area contributed by atoms with E-state index in [4.69, 9.17) is 0 Å². The van der Waals surface area contributed by atoms with E-state index >= 15 is 0 Å². The summed E-state index contributed by atoms with van der Waals surface area (Å²) in [5, 5.41) is 4.86. The fraction of sp³-hybridized carbons (Fsp3) is 0.143. The second-order valence-electron chi connectivity index (χ2n) is 4.35. The van der Waals surface area contributed by atoms with Crippen LogP contribution in [0.25, 0.3) is 0 Å². The standard InChI is InChI=1S/C14H14N4O2/c1-9-3-5-15-11(7-9)17-13(19)14(20)18-12-8-10(2)4-6-16-12/h3-8H,1-2H3,(H,15,17,19)(H,16,18,20). The van der Waals surface area contributed by atoms with E-state index in [0.717, 1.165) is 11.1 Å². The van der Waals surface area contributed by atoms with Crippen LogP contribution in [-0.2, 0) is 9.59 Å². The zero-order valence-electron chi connectivity index (χ0n) is 11.2. The van der Waals surface area contributed by atoms with Crippen LogP contribution >= 0.6 is 0 Å². The van der Waals surface area contributed by atoms with Crippen LogP contribution < -0.4 is 10.6 Å². The van der Waals surface area contributed by atoms with Gasteiger partial charge in [0.2, 0.25) is 0 Å². The van der Waals surface area contributed by atoms with Crippen molar-refractivity contribution in [3.8, 4) is 0 Å². The Labute approximate surface area is 116 Å². The lowest BCUT2D eigenvalue weighted by molar-refractivity contribution is -0.133. The number of hydrogen-bond donors (Lipinski definition) is 2. The molecule has 0 bridgehead atoms. The van der Waals surface area contributed by atoms with Crippen molar-refractivity contribution in [3.05, 3.63) is 47.8 Å². The van der Waals surface area contributed by atoms with Gasteiger partial charge in [0, 0.05) is 12.4 Å². The van der Waals surface area contributed by atoms with Crippen LogP contribution in [0.3, 0.4) is 0 Å². The molecule has 102 valence electrons. The summed E-state index contributed by atoms with van der Waals surface area (Å²) in [6, 6.07) is 6.95. The zero-order chi connectivity index (χ0) is 14.5. The zero-order valence-corrected chi connectivity index (χ0v) is 11.2. The van der Waals surface area contributed by atoms with Crippen LogP contribution in [0.15, 0.2) is 36.7 Å². The Bertz CT molecular complexity index is 598. The van der Waals surface area contributed by atoms with Gasteiger partial charge in [-0.1, -0.05) is 0 Å². The van der Waals surface area contributed by atoms with Crippen molar-refractivity contribution in [1.29, 1.82) is 0 Å². The minimum absolute atomic E-state index is 0.336. The predicted octanol–water partition coefficient (Wildman–Crippen LogP) is 1.67. The lowest BCUT2D eigenvalue weighted by atomic mass is 10.3. The molecule has 2 N–H and O–H groups in total. The number of hydrogen-bond acceptors (Lipinski definition) is 4. The molecular weight excluding hydrogens is 256 g/mol. The number of aromatic nitrogens is 2. The van der Waals surface area contributed by atoms with Gasteiger partial charge in [0.05, 0.1) is 0 Å². The molecule has 0 fully saturated rings. The van der Waals surface area contributed by atoms with Crippen molar-refractivity contribution < 1.29 is 9.59 Å². The van der Waals surface area contributed by atoms with Crippen LogP contribution in [-0.4, -0.2) is 21.8 Å². The molecule has 6 nitrogen and oxygen atoms in total. The average Bonchev–Trinajstić information content (AvgIpc) is 2.38. The first-order chi connectivity index (χ1) is 9.54. The smallest absolute Gasteiger partial charge is 0.302 e. The van der Waals surface area contributed by atoms with E-state index in [1.807, 2.05) is 13.8 Å². The van der Waals surface area contributed by atoms with Gasteiger partial charge in [-0.2, -0.15) is 0 Å². The van der Waals surface area contributed by atoms with Gasteiger partial charge in [0.25, 0.3) is 0 Å². The number of aryl methyl sites for hydroxylation is 2. The summed E-state index contributed by atoms with van der Waals surface area (Å²) in [5.41, 5.74) is 1.88. The first kappa shape index (κ1) is 13.7. The fourth-order valence-electron chi connectivity index (χ4n) is 1.56. The maximum absolute atomic E-state index is 11.7. The van der Waals surface area contributed by atoms with E-state index < -0.39 is 11.8 Å². The van der Waals surface area contributed by atoms with Gasteiger partial charge in [-0.25, -0.2) is 9.97 Å². The van der Waals surface area contributed by atoms with Crippen LogP contribution in [0.4, 0.5) is 11.6 Å². The highest BCUT2D eigenvalue weighted by Crippen LogP contribution is 2.07. The summed E-state index contributed by atoms with van der Waals surface area (Å²) < 4.78 is 0. The van der Waals surface area contributed by atoms with Gasteiger partial charge in [0.1, 0.15) is 11.6 Å². The number of carbonyl (C=O) groups is 2. The quantitative estimate of drug-likeness (QED) is 0.813. The minimum Gasteiger partial charge on any atom is -0.302 e. The van der Waals surface area contributed by atoms with Gasteiger partial charge in [-0.05, 0) is 49.2 Å². The summed E-state index contributed by atoms with van der Waals surface area (Å²) in [4.78, 5) is 31.4. The molecular formula is C14H14N4O2. The van der Waals surface area contributed by atoms with E-state index in [0.29, 0.717) is 11.6 Å². The van der Waals surface area contributed by atoms with E-state index in [1.165, 1.54) is 0 Å². The molecule has 2 aromatic rings. The molecule has 20 heavy (non-hydrogen) atoms. The van der Waals surface area contributed by atoms with Crippen molar-refractivity contribution in [3.63, 3.8) is 0 Å². The molecule has 0 aliphatic rings. The first-order valence-electron chi connectivity index (χ1n) is 6.02. The molecule has 0 saturated heterocycles. The number of anilines is 2. The van der Waals surface area contributed by atoms with Gasteiger partial charge >= 0.3 is 11.8 Å².